The smallest absolute Gasteiger partial charge is 0.234 e. The van der Waals surface area contributed by atoms with Gasteiger partial charge in [-0.15, -0.1) is 11.3 Å². The van der Waals surface area contributed by atoms with E-state index in [1.165, 1.54) is 12.0 Å². The molecule has 6 heteroatoms. The van der Waals surface area contributed by atoms with Crippen LogP contribution in [0.2, 0.25) is 0 Å². The van der Waals surface area contributed by atoms with E-state index in [2.05, 4.69) is 15.2 Å². The highest BCUT2D eigenvalue weighted by atomic mass is 32.1. The summed E-state index contributed by atoms with van der Waals surface area (Å²) in [5.41, 5.74) is 1.19. The van der Waals surface area contributed by atoms with E-state index < -0.39 is 0 Å². The number of ether oxygens (including phenoxy) is 1. The van der Waals surface area contributed by atoms with E-state index in [1.807, 2.05) is 35.8 Å². The molecule has 1 unspecified atom stereocenters. The van der Waals surface area contributed by atoms with E-state index in [-0.39, 0.29) is 5.91 Å². The van der Waals surface area contributed by atoms with Crippen LogP contribution in [-0.4, -0.2) is 42.5 Å². The number of hydrogen-bond acceptors (Lipinski definition) is 5. The molecular weight excluding hydrogens is 334 g/mol. The number of benzene rings is 1. The average Bonchev–Trinajstić information content (AvgIpc) is 3.17. The number of aromatic nitrogens is 1. The molecular formula is C19H25N3O2S. The molecule has 2 aromatic rings. The van der Waals surface area contributed by atoms with Crippen LogP contribution in [-0.2, 0) is 11.2 Å². The van der Waals surface area contributed by atoms with Crippen molar-refractivity contribution in [3.63, 3.8) is 0 Å². The molecule has 1 amide bonds. The minimum Gasteiger partial charge on any atom is -0.497 e. The number of nitrogens with one attached hydrogen (secondary N) is 1. The lowest BCUT2D eigenvalue weighted by molar-refractivity contribution is -0.123. The lowest BCUT2D eigenvalue weighted by Crippen LogP contribution is -2.42. The van der Waals surface area contributed by atoms with Crippen LogP contribution in [0.4, 0.5) is 0 Å². The zero-order valence-corrected chi connectivity index (χ0v) is 15.4. The molecule has 1 N–H and O–H groups in total. The first-order valence-corrected chi connectivity index (χ1v) is 9.67. The number of methoxy groups -OCH3 is 1. The molecule has 3 rings (SSSR count). The van der Waals surface area contributed by atoms with Crippen molar-refractivity contribution >= 4 is 17.2 Å². The summed E-state index contributed by atoms with van der Waals surface area (Å²) in [6.45, 7) is 2.07. The van der Waals surface area contributed by atoms with Crippen LogP contribution in [0.25, 0.3) is 0 Å². The number of likely N-dealkylation sites (tertiary alicyclic amines) is 1. The minimum atomic E-state index is 0.0944. The highest BCUT2D eigenvalue weighted by Crippen LogP contribution is 2.31. The van der Waals surface area contributed by atoms with Crippen molar-refractivity contribution in [2.24, 2.45) is 0 Å². The van der Waals surface area contributed by atoms with Gasteiger partial charge in [-0.3, -0.25) is 9.69 Å². The lowest BCUT2D eigenvalue weighted by atomic mass is 10.0. The fraction of sp³-hybridized carbons (Fsp3) is 0.474. The number of rotatable bonds is 7. The van der Waals surface area contributed by atoms with Crippen molar-refractivity contribution in [2.45, 2.75) is 31.7 Å². The van der Waals surface area contributed by atoms with Gasteiger partial charge in [-0.25, -0.2) is 4.98 Å². The van der Waals surface area contributed by atoms with E-state index in [9.17, 15) is 4.79 Å². The first kappa shape index (κ1) is 17.9. The Bertz CT molecular complexity index is 658. The van der Waals surface area contributed by atoms with Gasteiger partial charge in [0.1, 0.15) is 10.8 Å². The Kier molecular flexibility index (Phi) is 6.42. The zero-order valence-electron chi connectivity index (χ0n) is 14.6. The average molecular weight is 359 g/mol. The van der Waals surface area contributed by atoms with Crippen LogP contribution in [0.1, 0.15) is 35.9 Å². The third-order valence-electron chi connectivity index (χ3n) is 4.59. The van der Waals surface area contributed by atoms with Gasteiger partial charge >= 0.3 is 0 Å². The quantitative estimate of drug-likeness (QED) is 0.826. The third-order valence-corrected chi connectivity index (χ3v) is 5.47. The van der Waals surface area contributed by atoms with Crippen LogP contribution >= 0.6 is 11.3 Å². The monoisotopic (exact) mass is 359 g/mol. The van der Waals surface area contributed by atoms with E-state index in [4.69, 9.17) is 4.74 Å². The van der Waals surface area contributed by atoms with Gasteiger partial charge < -0.3 is 10.1 Å². The maximum atomic E-state index is 12.3. The molecule has 25 heavy (non-hydrogen) atoms. The highest BCUT2D eigenvalue weighted by molar-refractivity contribution is 7.09. The van der Waals surface area contributed by atoms with Crippen LogP contribution in [0, 0.1) is 0 Å². The second kappa shape index (κ2) is 8.97. The Morgan fingerprint density at radius 3 is 2.92 bits per heavy atom. The summed E-state index contributed by atoms with van der Waals surface area (Å²) in [7, 11) is 1.66. The Balaban J connectivity index is 1.46. The predicted octanol–water partition coefficient (Wildman–Crippen LogP) is 3.04. The molecule has 134 valence electrons. The van der Waals surface area contributed by atoms with E-state index in [1.54, 1.807) is 18.4 Å². The van der Waals surface area contributed by atoms with Crippen LogP contribution in [0.5, 0.6) is 5.75 Å². The molecule has 0 aliphatic carbocycles. The van der Waals surface area contributed by atoms with E-state index >= 15 is 0 Å². The molecule has 1 aromatic heterocycles. The van der Waals surface area contributed by atoms with Gasteiger partial charge in [0.2, 0.25) is 5.91 Å². The number of thiazole rings is 1. The third kappa shape index (κ3) is 5.03. The van der Waals surface area contributed by atoms with Gasteiger partial charge in [0.05, 0.1) is 19.7 Å². The molecule has 2 heterocycles. The van der Waals surface area contributed by atoms with Crippen molar-refractivity contribution in [2.75, 3.05) is 26.7 Å². The van der Waals surface area contributed by atoms with Crippen LogP contribution in [0.3, 0.4) is 0 Å². The fourth-order valence-electron chi connectivity index (χ4n) is 3.24. The number of piperidine rings is 1. The number of carbonyl (C=O) groups excluding carboxylic acids is 1. The van der Waals surface area contributed by atoms with Crippen molar-refractivity contribution in [1.29, 1.82) is 0 Å². The number of amides is 1. The van der Waals surface area contributed by atoms with Gasteiger partial charge in [-0.1, -0.05) is 18.6 Å². The Labute approximate surface area is 153 Å². The maximum absolute atomic E-state index is 12.3. The van der Waals surface area contributed by atoms with E-state index in [0.29, 0.717) is 19.1 Å². The molecule has 0 saturated carbocycles. The van der Waals surface area contributed by atoms with Crippen molar-refractivity contribution in [3.05, 3.63) is 46.4 Å². The fourth-order valence-corrected chi connectivity index (χ4v) is 4.04. The summed E-state index contributed by atoms with van der Waals surface area (Å²) in [5.74, 6) is 0.947. The molecule has 1 atom stereocenters. The van der Waals surface area contributed by atoms with Crippen molar-refractivity contribution in [3.8, 4) is 5.75 Å². The van der Waals surface area contributed by atoms with Gasteiger partial charge in [-0.05, 0) is 43.5 Å². The van der Waals surface area contributed by atoms with Crippen molar-refractivity contribution in [1.82, 2.24) is 15.2 Å². The second-order valence-electron chi connectivity index (χ2n) is 6.30. The zero-order chi connectivity index (χ0) is 17.5. The van der Waals surface area contributed by atoms with Gasteiger partial charge in [0, 0.05) is 18.1 Å². The first-order valence-electron chi connectivity index (χ1n) is 8.79. The van der Waals surface area contributed by atoms with E-state index in [0.717, 1.165) is 36.6 Å². The van der Waals surface area contributed by atoms with Gasteiger partial charge in [0.15, 0.2) is 0 Å². The SMILES string of the molecule is COc1ccc(CCNC(=O)CN2CCCCC2c2nccs2)cc1. The number of carbonyl (C=O) groups is 1. The molecule has 1 fully saturated rings. The summed E-state index contributed by atoms with van der Waals surface area (Å²) in [4.78, 5) is 19.0. The molecule has 1 aliphatic rings. The maximum Gasteiger partial charge on any atom is 0.234 e. The Morgan fingerprint density at radius 1 is 1.36 bits per heavy atom. The van der Waals surface area contributed by atoms with Crippen LogP contribution < -0.4 is 10.1 Å². The topological polar surface area (TPSA) is 54.5 Å². The molecule has 0 bridgehead atoms. The lowest BCUT2D eigenvalue weighted by Gasteiger charge is -2.33. The van der Waals surface area contributed by atoms with Crippen molar-refractivity contribution < 1.29 is 9.53 Å². The standard InChI is InChI=1S/C19H25N3O2S/c1-24-16-7-5-15(6-8-16)9-10-20-18(23)14-22-12-3-2-4-17(22)19-21-11-13-25-19/h5-8,11,13,17H,2-4,9-10,12,14H2,1H3,(H,20,23). The highest BCUT2D eigenvalue weighted by Gasteiger charge is 2.27. The summed E-state index contributed by atoms with van der Waals surface area (Å²) >= 11 is 1.68. The molecule has 1 aliphatic heterocycles. The van der Waals surface area contributed by atoms with Gasteiger partial charge in [0.25, 0.3) is 0 Å². The van der Waals surface area contributed by atoms with Gasteiger partial charge in [-0.2, -0.15) is 0 Å². The Morgan fingerprint density at radius 2 is 2.20 bits per heavy atom. The first-order chi connectivity index (χ1) is 12.3. The largest absolute Gasteiger partial charge is 0.497 e. The summed E-state index contributed by atoms with van der Waals surface area (Å²) in [5, 5.41) is 6.19. The summed E-state index contributed by atoms with van der Waals surface area (Å²) < 4.78 is 5.16. The number of hydrogen-bond donors (Lipinski definition) is 1. The number of nitrogens with zero attached hydrogens (tertiary/aromatic N) is 2. The molecule has 1 saturated heterocycles. The minimum absolute atomic E-state index is 0.0944. The summed E-state index contributed by atoms with van der Waals surface area (Å²) in [6, 6.07) is 8.26. The Hall–Kier alpha value is -1.92. The normalized spacial score (nSPS) is 18.0. The molecule has 0 radical (unpaired) electrons. The summed E-state index contributed by atoms with van der Waals surface area (Å²) in [6.07, 6.45) is 6.13. The molecule has 0 spiro atoms. The predicted molar refractivity (Wildman–Crippen MR) is 100.0 cm³/mol. The molecule has 5 nitrogen and oxygen atoms in total. The molecule has 1 aromatic carbocycles. The second-order valence-corrected chi connectivity index (χ2v) is 7.23. The van der Waals surface area contributed by atoms with Crippen LogP contribution in [0.15, 0.2) is 35.8 Å².